The first-order valence-corrected chi connectivity index (χ1v) is 7.45. The Labute approximate surface area is 116 Å². The zero-order valence-corrected chi connectivity index (χ0v) is 12.1. The summed E-state index contributed by atoms with van der Waals surface area (Å²) < 4.78 is 5.92. The summed E-state index contributed by atoms with van der Waals surface area (Å²) in [7, 11) is 0. The fraction of sp³-hybridized carbons (Fsp3) is 0.733. The molecule has 1 saturated carbocycles. The van der Waals surface area contributed by atoms with Crippen LogP contribution in [0.4, 0.5) is 0 Å². The van der Waals surface area contributed by atoms with E-state index >= 15 is 0 Å². The molecule has 0 saturated heterocycles. The second-order valence-corrected chi connectivity index (χ2v) is 5.61. The fourth-order valence-electron chi connectivity index (χ4n) is 2.33. The Hall–Kier alpha value is -1.16. The standard InChI is InChI=1S/C15H25N3O/c1-12(2)16-9-13-10-18-15(11-17-13)19-14-7-5-3-4-6-8-14/h10-12,14,16H,3-9H2,1-2H3. The van der Waals surface area contributed by atoms with Gasteiger partial charge in [0.25, 0.3) is 0 Å². The summed E-state index contributed by atoms with van der Waals surface area (Å²) in [5.74, 6) is 0.667. The molecule has 4 nitrogen and oxygen atoms in total. The van der Waals surface area contributed by atoms with Crippen molar-refractivity contribution in [1.82, 2.24) is 15.3 Å². The normalized spacial score (nSPS) is 17.4. The van der Waals surface area contributed by atoms with Crippen LogP contribution in [-0.4, -0.2) is 22.1 Å². The van der Waals surface area contributed by atoms with E-state index in [9.17, 15) is 0 Å². The third-order valence-corrected chi connectivity index (χ3v) is 3.46. The first-order valence-electron chi connectivity index (χ1n) is 7.45. The molecular weight excluding hydrogens is 238 g/mol. The van der Waals surface area contributed by atoms with Gasteiger partial charge in [0.15, 0.2) is 0 Å². The van der Waals surface area contributed by atoms with Gasteiger partial charge in [0, 0.05) is 12.6 Å². The van der Waals surface area contributed by atoms with Gasteiger partial charge in [-0.3, -0.25) is 4.98 Å². The summed E-state index contributed by atoms with van der Waals surface area (Å²) in [6.45, 7) is 5.00. The van der Waals surface area contributed by atoms with Crippen LogP contribution in [0.5, 0.6) is 5.88 Å². The highest BCUT2D eigenvalue weighted by Crippen LogP contribution is 2.21. The molecule has 1 heterocycles. The van der Waals surface area contributed by atoms with Crippen molar-refractivity contribution in [3.63, 3.8) is 0 Å². The fourth-order valence-corrected chi connectivity index (χ4v) is 2.33. The molecule has 1 fully saturated rings. The average molecular weight is 263 g/mol. The van der Waals surface area contributed by atoms with Gasteiger partial charge in [0.05, 0.1) is 18.1 Å². The van der Waals surface area contributed by atoms with E-state index in [0.717, 1.165) is 25.1 Å². The van der Waals surface area contributed by atoms with Crippen LogP contribution < -0.4 is 10.1 Å². The Balaban J connectivity index is 1.83. The highest BCUT2D eigenvalue weighted by molar-refractivity contribution is 5.07. The molecule has 106 valence electrons. The summed E-state index contributed by atoms with van der Waals surface area (Å²) in [6, 6.07) is 0.462. The summed E-state index contributed by atoms with van der Waals surface area (Å²) in [5.41, 5.74) is 0.960. The van der Waals surface area contributed by atoms with E-state index in [1.165, 1.54) is 25.7 Å². The quantitative estimate of drug-likeness (QED) is 0.829. The molecule has 0 radical (unpaired) electrons. The molecule has 1 aromatic rings. The van der Waals surface area contributed by atoms with Gasteiger partial charge >= 0.3 is 0 Å². The lowest BCUT2D eigenvalue weighted by Gasteiger charge is -2.15. The summed E-state index contributed by atoms with van der Waals surface area (Å²) in [4.78, 5) is 8.75. The number of hydrogen-bond acceptors (Lipinski definition) is 4. The van der Waals surface area contributed by atoms with Crippen molar-refractivity contribution < 1.29 is 4.74 Å². The van der Waals surface area contributed by atoms with Gasteiger partial charge in [-0.05, 0) is 25.7 Å². The third-order valence-electron chi connectivity index (χ3n) is 3.46. The molecule has 0 amide bonds. The Morgan fingerprint density at radius 1 is 1.16 bits per heavy atom. The highest BCUT2D eigenvalue weighted by Gasteiger charge is 2.14. The van der Waals surface area contributed by atoms with Crippen molar-refractivity contribution in [3.05, 3.63) is 18.1 Å². The van der Waals surface area contributed by atoms with E-state index in [1.54, 1.807) is 12.4 Å². The minimum Gasteiger partial charge on any atom is -0.473 e. The molecule has 0 aliphatic heterocycles. The van der Waals surface area contributed by atoms with Crippen molar-refractivity contribution in [3.8, 4) is 5.88 Å². The van der Waals surface area contributed by atoms with Crippen molar-refractivity contribution in [1.29, 1.82) is 0 Å². The van der Waals surface area contributed by atoms with Gasteiger partial charge in [-0.25, -0.2) is 4.98 Å². The van der Waals surface area contributed by atoms with Crippen LogP contribution in [0.2, 0.25) is 0 Å². The monoisotopic (exact) mass is 263 g/mol. The summed E-state index contributed by atoms with van der Waals surface area (Å²) in [6.07, 6.45) is 11.4. The van der Waals surface area contributed by atoms with Gasteiger partial charge in [-0.1, -0.05) is 26.7 Å². The zero-order valence-electron chi connectivity index (χ0n) is 12.1. The molecule has 0 aromatic carbocycles. The SMILES string of the molecule is CC(C)NCc1cnc(OC2CCCCCC2)cn1. The van der Waals surface area contributed by atoms with Crippen molar-refractivity contribution in [2.24, 2.45) is 0 Å². The number of rotatable bonds is 5. The number of ether oxygens (including phenoxy) is 1. The van der Waals surface area contributed by atoms with E-state index in [2.05, 4.69) is 29.1 Å². The van der Waals surface area contributed by atoms with Crippen molar-refractivity contribution in [2.75, 3.05) is 0 Å². The molecule has 19 heavy (non-hydrogen) atoms. The third kappa shape index (κ3) is 5.15. The van der Waals surface area contributed by atoms with Gasteiger partial charge in [0.2, 0.25) is 5.88 Å². The van der Waals surface area contributed by atoms with Crippen LogP contribution in [0.25, 0.3) is 0 Å². The smallest absolute Gasteiger partial charge is 0.232 e. The van der Waals surface area contributed by atoms with Crippen molar-refractivity contribution >= 4 is 0 Å². The minimum absolute atomic E-state index is 0.330. The van der Waals surface area contributed by atoms with Crippen molar-refractivity contribution in [2.45, 2.75) is 71.1 Å². The number of nitrogens with one attached hydrogen (secondary N) is 1. The Kier molecular flexibility index (Phi) is 5.58. The van der Waals surface area contributed by atoms with E-state index < -0.39 is 0 Å². The zero-order chi connectivity index (χ0) is 13.5. The van der Waals surface area contributed by atoms with Crippen LogP contribution >= 0.6 is 0 Å². The lowest BCUT2D eigenvalue weighted by molar-refractivity contribution is 0.175. The first kappa shape index (κ1) is 14.3. The molecular formula is C15H25N3O. The molecule has 1 aliphatic carbocycles. The molecule has 0 spiro atoms. The maximum atomic E-state index is 5.92. The maximum Gasteiger partial charge on any atom is 0.232 e. The van der Waals surface area contributed by atoms with Crippen LogP contribution in [0.1, 0.15) is 58.1 Å². The molecule has 4 heteroatoms. The molecule has 0 atom stereocenters. The lowest BCUT2D eigenvalue weighted by atomic mass is 10.1. The van der Waals surface area contributed by atoms with Crippen LogP contribution in [-0.2, 0) is 6.54 Å². The molecule has 0 unspecified atom stereocenters. The second kappa shape index (κ2) is 7.43. The largest absolute Gasteiger partial charge is 0.473 e. The van der Waals surface area contributed by atoms with E-state index in [4.69, 9.17) is 4.74 Å². The predicted molar refractivity (Wildman–Crippen MR) is 76.1 cm³/mol. The van der Waals surface area contributed by atoms with Gasteiger partial charge in [0.1, 0.15) is 6.10 Å². The summed E-state index contributed by atoms with van der Waals surface area (Å²) in [5, 5.41) is 3.33. The number of aromatic nitrogens is 2. The highest BCUT2D eigenvalue weighted by atomic mass is 16.5. The average Bonchev–Trinajstić information content (AvgIpc) is 2.66. The molecule has 1 aromatic heterocycles. The Morgan fingerprint density at radius 3 is 2.47 bits per heavy atom. The molecule has 2 rings (SSSR count). The van der Waals surface area contributed by atoms with Gasteiger partial charge in [-0.15, -0.1) is 0 Å². The van der Waals surface area contributed by atoms with E-state index in [0.29, 0.717) is 18.0 Å². The summed E-state index contributed by atoms with van der Waals surface area (Å²) >= 11 is 0. The maximum absolute atomic E-state index is 5.92. The number of hydrogen-bond donors (Lipinski definition) is 1. The van der Waals surface area contributed by atoms with E-state index in [1.807, 2.05) is 0 Å². The van der Waals surface area contributed by atoms with Crippen LogP contribution in [0, 0.1) is 0 Å². The van der Waals surface area contributed by atoms with Gasteiger partial charge in [-0.2, -0.15) is 0 Å². The Morgan fingerprint density at radius 2 is 1.89 bits per heavy atom. The first-order chi connectivity index (χ1) is 9.24. The predicted octanol–water partition coefficient (Wildman–Crippen LogP) is 3.08. The van der Waals surface area contributed by atoms with Crippen LogP contribution in [0.15, 0.2) is 12.4 Å². The lowest BCUT2D eigenvalue weighted by Crippen LogP contribution is -2.22. The second-order valence-electron chi connectivity index (χ2n) is 5.61. The molecule has 1 N–H and O–H groups in total. The van der Waals surface area contributed by atoms with E-state index in [-0.39, 0.29) is 0 Å². The Bertz CT molecular complexity index is 356. The molecule has 0 bridgehead atoms. The number of nitrogens with zero attached hydrogens (tertiary/aromatic N) is 2. The topological polar surface area (TPSA) is 47.0 Å². The molecule has 1 aliphatic rings. The van der Waals surface area contributed by atoms with Gasteiger partial charge < -0.3 is 10.1 Å². The minimum atomic E-state index is 0.330. The van der Waals surface area contributed by atoms with Crippen LogP contribution in [0.3, 0.4) is 0 Å².